The molecule has 18 heavy (non-hydrogen) atoms. The molecule has 0 aliphatic heterocycles. The van der Waals surface area contributed by atoms with Crippen LogP contribution in [-0.4, -0.2) is 24.1 Å². The summed E-state index contributed by atoms with van der Waals surface area (Å²) in [5.41, 5.74) is 1.80. The lowest BCUT2D eigenvalue weighted by Gasteiger charge is -2.08. The molecule has 0 aliphatic rings. The van der Waals surface area contributed by atoms with E-state index in [9.17, 15) is 4.79 Å². The SMILES string of the molecule is CC(C)COCCn1ccc2ccc(C=O)cc21. The van der Waals surface area contributed by atoms with Gasteiger partial charge in [-0.2, -0.15) is 0 Å². The second-order valence-corrected chi connectivity index (χ2v) is 4.91. The molecule has 0 N–H and O–H groups in total. The number of aromatic nitrogens is 1. The molecule has 2 aromatic rings. The minimum Gasteiger partial charge on any atom is -0.379 e. The van der Waals surface area contributed by atoms with Crippen molar-refractivity contribution in [3.8, 4) is 0 Å². The van der Waals surface area contributed by atoms with Crippen LogP contribution < -0.4 is 0 Å². The number of rotatable bonds is 6. The molecule has 0 atom stereocenters. The summed E-state index contributed by atoms with van der Waals surface area (Å²) in [5, 5.41) is 1.16. The molecule has 3 nitrogen and oxygen atoms in total. The zero-order chi connectivity index (χ0) is 13.0. The molecule has 0 bridgehead atoms. The fraction of sp³-hybridized carbons (Fsp3) is 0.400. The standard InChI is InChI=1S/C15H19NO2/c1-12(2)11-18-8-7-16-6-5-14-4-3-13(10-17)9-15(14)16/h3-6,9-10,12H,7-8,11H2,1-2H3. The lowest BCUT2D eigenvalue weighted by Crippen LogP contribution is -2.08. The number of carbonyl (C=O) groups is 1. The van der Waals surface area contributed by atoms with E-state index in [2.05, 4.69) is 24.5 Å². The summed E-state index contributed by atoms with van der Waals surface area (Å²) in [6.45, 7) is 6.59. The van der Waals surface area contributed by atoms with E-state index in [1.54, 1.807) is 0 Å². The normalized spacial score (nSPS) is 11.3. The van der Waals surface area contributed by atoms with Crippen molar-refractivity contribution >= 4 is 17.2 Å². The average molecular weight is 245 g/mol. The zero-order valence-electron chi connectivity index (χ0n) is 10.9. The van der Waals surface area contributed by atoms with Crippen molar-refractivity contribution in [2.75, 3.05) is 13.2 Å². The van der Waals surface area contributed by atoms with Crippen LogP contribution in [0.5, 0.6) is 0 Å². The summed E-state index contributed by atoms with van der Waals surface area (Å²) in [7, 11) is 0. The molecule has 0 unspecified atom stereocenters. The van der Waals surface area contributed by atoms with Crippen LogP contribution in [0, 0.1) is 5.92 Å². The van der Waals surface area contributed by atoms with Gasteiger partial charge < -0.3 is 9.30 Å². The highest BCUT2D eigenvalue weighted by molar-refractivity contribution is 5.87. The quantitative estimate of drug-likeness (QED) is 0.578. The number of fused-ring (bicyclic) bond motifs is 1. The van der Waals surface area contributed by atoms with Gasteiger partial charge in [-0.3, -0.25) is 4.79 Å². The number of hydrogen-bond acceptors (Lipinski definition) is 2. The molecule has 0 fully saturated rings. The van der Waals surface area contributed by atoms with E-state index in [-0.39, 0.29) is 0 Å². The van der Waals surface area contributed by atoms with Crippen molar-refractivity contribution in [2.45, 2.75) is 20.4 Å². The summed E-state index contributed by atoms with van der Waals surface area (Å²) in [4.78, 5) is 10.8. The van der Waals surface area contributed by atoms with Gasteiger partial charge in [-0.1, -0.05) is 26.0 Å². The Hall–Kier alpha value is -1.61. The van der Waals surface area contributed by atoms with E-state index in [1.807, 2.05) is 24.4 Å². The van der Waals surface area contributed by atoms with Crippen molar-refractivity contribution in [3.63, 3.8) is 0 Å². The van der Waals surface area contributed by atoms with Crippen molar-refractivity contribution < 1.29 is 9.53 Å². The Morgan fingerprint density at radius 3 is 2.89 bits per heavy atom. The van der Waals surface area contributed by atoms with Crippen LogP contribution in [0.3, 0.4) is 0 Å². The van der Waals surface area contributed by atoms with E-state index in [1.165, 1.54) is 0 Å². The highest BCUT2D eigenvalue weighted by atomic mass is 16.5. The smallest absolute Gasteiger partial charge is 0.150 e. The topological polar surface area (TPSA) is 31.2 Å². The minimum absolute atomic E-state index is 0.563. The predicted octanol–water partition coefficient (Wildman–Crippen LogP) is 3.13. The average Bonchev–Trinajstić information content (AvgIpc) is 2.76. The summed E-state index contributed by atoms with van der Waals surface area (Å²) in [6.07, 6.45) is 2.92. The highest BCUT2D eigenvalue weighted by Gasteiger charge is 2.02. The van der Waals surface area contributed by atoms with Gasteiger partial charge in [0.2, 0.25) is 0 Å². The molecule has 0 amide bonds. The molecule has 1 aromatic carbocycles. The number of aldehydes is 1. The Morgan fingerprint density at radius 2 is 2.17 bits per heavy atom. The largest absolute Gasteiger partial charge is 0.379 e. The van der Waals surface area contributed by atoms with Crippen LogP contribution in [-0.2, 0) is 11.3 Å². The monoisotopic (exact) mass is 245 g/mol. The number of nitrogens with zero attached hydrogens (tertiary/aromatic N) is 1. The molecule has 3 heteroatoms. The Kier molecular flexibility index (Phi) is 4.15. The Balaban J connectivity index is 2.06. The van der Waals surface area contributed by atoms with Gasteiger partial charge in [0.05, 0.1) is 6.61 Å². The van der Waals surface area contributed by atoms with Crippen LogP contribution in [0.1, 0.15) is 24.2 Å². The molecule has 2 rings (SSSR count). The number of ether oxygens (including phenoxy) is 1. The maximum absolute atomic E-state index is 10.8. The number of benzene rings is 1. The van der Waals surface area contributed by atoms with Gasteiger partial charge in [-0.05, 0) is 23.4 Å². The molecule has 1 aromatic heterocycles. The second kappa shape index (κ2) is 5.83. The highest BCUT2D eigenvalue weighted by Crippen LogP contribution is 2.17. The van der Waals surface area contributed by atoms with Crippen molar-refractivity contribution in [2.24, 2.45) is 5.92 Å². The molecule has 0 aliphatic carbocycles. The second-order valence-electron chi connectivity index (χ2n) is 4.91. The van der Waals surface area contributed by atoms with Crippen molar-refractivity contribution in [3.05, 3.63) is 36.0 Å². The first-order valence-electron chi connectivity index (χ1n) is 6.32. The molecule has 0 spiro atoms. The summed E-state index contributed by atoms with van der Waals surface area (Å²) < 4.78 is 7.71. The minimum atomic E-state index is 0.563. The van der Waals surface area contributed by atoms with Gasteiger partial charge in [0.15, 0.2) is 0 Å². The van der Waals surface area contributed by atoms with Crippen LogP contribution in [0.15, 0.2) is 30.5 Å². The number of hydrogen-bond donors (Lipinski definition) is 0. The van der Waals surface area contributed by atoms with Crippen molar-refractivity contribution in [1.29, 1.82) is 0 Å². The van der Waals surface area contributed by atoms with Crippen LogP contribution >= 0.6 is 0 Å². The lowest BCUT2D eigenvalue weighted by molar-refractivity contribution is 0.104. The molecule has 0 saturated carbocycles. The fourth-order valence-corrected chi connectivity index (χ4v) is 1.95. The summed E-state index contributed by atoms with van der Waals surface area (Å²) in [6, 6.07) is 7.80. The van der Waals surface area contributed by atoms with Gasteiger partial charge in [0.1, 0.15) is 6.29 Å². The summed E-state index contributed by atoms with van der Waals surface area (Å²) >= 11 is 0. The van der Waals surface area contributed by atoms with E-state index in [0.29, 0.717) is 18.1 Å². The molecule has 1 heterocycles. The van der Waals surface area contributed by atoms with Gasteiger partial charge in [0, 0.05) is 30.4 Å². The van der Waals surface area contributed by atoms with Gasteiger partial charge in [-0.15, -0.1) is 0 Å². The van der Waals surface area contributed by atoms with Gasteiger partial charge in [-0.25, -0.2) is 0 Å². The molecule has 0 radical (unpaired) electrons. The fourth-order valence-electron chi connectivity index (χ4n) is 1.95. The maximum Gasteiger partial charge on any atom is 0.150 e. The molecule has 96 valence electrons. The number of carbonyl (C=O) groups excluding carboxylic acids is 1. The summed E-state index contributed by atoms with van der Waals surface area (Å²) in [5.74, 6) is 0.563. The van der Waals surface area contributed by atoms with E-state index in [4.69, 9.17) is 4.74 Å². The Morgan fingerprint density at radius 1 is 1.33 bits per heavy atom. The molecular formula is C15H19NO2. The van der Waals surface area contributed by atoms with Gasteiger partial charge in [0.25, 0.3) is 0 Å². The maximum atomic E-state index is 10.8. The van der Waals surface area contributed by atoms with Crippen LogP contribution in [0.4, 0.5) is 0 Å². The van der Waals surface area contributed by atoms with Crippen LogP contribution in [0.2, 0.25) is 0 Å². The van der Waals surface area contributed by atoms with E-state index >= 15 is 0 Å². The third-order valence-electron chi connectivity index (χ3n) is 2.86. The Bertz CT molecular complexity index is 528. The van der Waals surface area contributed by atoms with Gasteiger partial charge >= 0.3 is 0 Å². The first kappa shape index (κ1) is 12.8. The Labute approximate surface area is 107 Å². The third kappa shape index (κ3) is 2.99. The third-order valence-corrected chi connectivity index (χ3v) is 2.86. The van der Waals surface area contributed by atoms with E-state index < -0.39 is 0 Å². The first-order chi connectivity index (χ1) is 8.70. The zero-order valence-corrected chi connectivity index (χ0v) is 10.9. The molecular weight excluding hydrogens is 226 g/mol. The first-order valence-corrected chi connectivity index (χ1v) is 6.32. The lowest BCUT2D eigenvalue weighted by atomic mass is 10.2. The van der Waals surface area contributed by atoms with Crippen LogP contribution in [0.25, 0.3) is 10.9 Å². The van der Waals surface area contributed by atoms with Crippen molar-refractivity contribution in [1.82, 2.24) is 4.57 Å². The predicted molar refractivity (Wildman–Crippen MR) is 73.0 cm³/mol. The van der Waals surface area contributed by atoms with E-state index in [0.717, 1.165) is 30.3 Å². The molecule has 0 saturated heterocycles.